The van der Waals surface area contributed by atoms with E-state index in [-0.39, 0.29) is 0 Å². The smallest absolute Gasteiger partial charge is 0.324 e. The molecule has 0 aromatic heterocycles. The van der Waals surface area contributed by atoms with Gasteiger partial charge < -0.3 is 5.11 Å². The molecule has 2 rings (SSSR count). The van der Waals surface area contributed by atoms with Crippen molar-refractivity contribution in [2.45, 2.75) is 18.9 Å². The third-order valence-corrected chi connectivity index (χ3v) is 3.38. The second kappa shape index (κ2) is 6.03. The molecule has 0 radical (unpaired) electrons. The molecule has 0 bridgehead atoms. The van der Waals surface area contributed by atoms with E-state index in [4.69, 9.17) is 11.6 Å². The molecule has 1 heterocycles. The van der Waals surface area contributed by atoms with Gasteiger partial charge in [-0.05, 0) is 43.6 Å². The topological polar surface area (TPSA) is 40.5 Å². The zero-order valence-electron chi connectivity index (χ0n) is 10.1. The number of carboxylic acid groups (broad SMARTS) is 1. The van der Waals surface area contributed by atoms with Crippen molar-refractivity contribution < 1.29 is 9.90 Å². The maximum absolute atomic E-state index is 11.2. The summed E-state index contributed by atoms with van der Waals surface area (Å²) in [6.45, 7) is 1.73. The van der Waals surface area contributed by atoms with Crippen LogP contribution in [0.5, 0.6) is 0 Å². The summed E-state index contributed by atoms with van der Waals surface area (Å²) in [7, 11) is 0. The number of likely N-dealkylation sites (tertiary alicyclic amines) is 1. The lowest BCUT2D eigenvalue weighted by Gasteiger charge is -2.20. The fraction of sp³-hybridized carbons (Fsp3) is 0.357. The standard InChI is InChI=1S/C14H16ClNO2/c15-12-6-3-11(4-7-12)5-8-13(14(17)18)16-9-1-2-10-16/h3-8,13H,1-2,9-10H2,(H,17,18)/b8-5+. The molecule has 0 saturated carbocycles. The van der Waals surface area contributed by atoms with Gasteiger partial charge in [-0.2, -0.15) is 0 Å². The normalized spacial score (nSPS) is 18.3. The molecule has 0 aliphatic carbocycles. The Labute approximate surface area is 112 Å². The minimum atomic E-state index is -0.790. The van der Waals surface area contributed by atoms with E-state index in [2.05, 4.69) is 0 Å². The first kappa shape index (κ1) is 13.1. The van der Waals surface area contributed by atoms with Crippen LogP contribution in [-0.4, -0.2) is 35.1 Å². The van der Waals surface area contributed by atoms with E-state index >= 15 is 0 Å². The summed E-state index contributed by atoms with van der Waals surface area (Å²) in [5.74, 6) is -0.790. The van der Waals surface area contributed by atoms with Crippen LogP contribution in [0.15, 0.2) is 30.3 Å². The summed E-state index contributed by atoms with van der Waals surface area (Å²) in [6, 6.07) is 6.83. The van der Waals surface area contributed by atoms with Crippen molar-refractivity contribution in [1.29, 1.82) is 0 Å². The maximum Gasteiger partial charge on any atom is 0.324 e. The van der Waals surface area contributed by atoms with E-state index in [1.807, 2.05) is 23.1 Å². The fourth-order valence-electron chi connectivity index (χ4n) is 2.16. The van der Waals surface area contributed by atoms with Crippen LogP contribution in [0, 0.1) is 0 Å². The minimum absolute atomic E-state index is 0.525. The van der Waals surface area contributed by atoms with E-state index in [9.17, 15) is 9.90 Å². The van der Waals surface area contributed by atoms with Crippen LogP contribution in [0.3, 0.4) is 0 Å². The lowest BCUT2D eigenvalue weighted by Crippen LogP contribution is -2.37. The summed E-state index contributed by atoms with van der Waals surface area (Å²) < 4.78 is 0. The Bertz CT molecular complexity index is 436. The number of carbonyl (C=O) groups is 1. The van der Waals surface area contributed by atoms with Crippen molar-refractivity contribution in [3.05, 3.63) is 40.9 Å². The van der Waals surface area contributed by atoms with Crippen LogP contribution in [0.1, 0.15) is 18.4 Å². The molecule has 1 fully saturated rings. The Balaban J connectivity index is 2.08. The van der Waals surface area contributed by atoms with Gasteiger partial charge in [0.15, 0.2) is 0 Å². The zero-order chi connectivity index (χ0) is 13.0. The Morgan fingerprint density at radius 2 is 1.89 bits per heavy atom. The molecule has 96 valence electrons. The Morgan fingerprint density at radius 3 is 2.44 bits per heavy atom. The lowest BCUT2D eigenvalue weighted by molar-refractivity contribution is -0.141. The predicted molar refractivity (Wildman–Crippen MR) is 72.7 cm³/mol. The quantitative estimate of drug-likeness (QED) is 0.910. The maximum atomic E-state index is 11.2. The minimum Gasteiger partial charge on any atom is -0.480 e. The molecule has 1 N–H and O–H groups in total. The van der Waals surface area contributed by atoms with Gasteiger partial charge in [0.05, 0.1) is 0 Å². The highest BCUT2D eigenvalue weighted by Gasteiger charge is 2.25. The molecular formula is C14H16ClNO2. The van der Waals surface area contributed by atoms with Crippen LogP contribution in [0.4, 0.5) is 0 Å². The van der Waals surface area contributed by atoms with Gasteiger partial charge in [-0.15, -0.1) is 0 Å². The monoisotopic (exact) mass is 265 g/mol. The number of halogens is 1. The molecule has 0 spiro atoms. The summed E-state index contributed by atoms with van der Waals surface area (Å²) >= 11 is 5.80. The SMILES string of the molecule is O=C(O)C(/C=C/c1ccc(Cl)cc1)N1CCCC1. The van der Waals surface area contributed by atoms with Crippen LogP contribution >= 0.6 is 11.6 Å². The largest absolute Gasteiger partial charge is 0.480 e. The van der Waals surface area contributed by atoms with Gasteiger partial charge in [-0.25, -0.2) is 0 Å². The van der Waals surface area contributed by atoms with Gasteiger partial charge in [-0.1, -0.05) is 35.9 Å². The average Bonchev–Trinajstić information content (AvgIpc) is 2.85. The fourth-order valence-corrected chi connectivity index (χ4v) is 2.28. The van der Waals surface area contributed by atoms with Gasteiger partial charge in [0.2, 0.25) is 0 Å². The summed E-state index contributed by atoms with van der Waals surface area (Å²) in [5.41, 5.74) is 0.963. The van der Waals surface area contributed by atoms with Crippen molar-refractivity contribution in [3.63, 3.8) is 0 Å². The van der Waals surface area contributed by atoms with Gasteiger partial charge >= 0.3 is 5.97 Å². The molecule has 1 unspecified atom stereocenters. The zero-order valence-corrected chi connectivity index (χ0v) is 10.8. The van der Waals surface area contributed by atoms with E-state index < -0.39 is 12.0 Å². The lowest BCUT2D eigenvalue weighted by atomic mass is 10.1. The second-order valence-electron chi connectivity index (χ2n) is 4.44. The molecule has 3 nitrogen and oxygen atoms in total. The van der Waals surface area contributed by atoms with E-state index in [0.717, 1.165) is 31.5 Å². The molecule has 4 heteroatoms. The van der Waals surface area contributed by atoms with Crippen molar-refractivity contribution in [2.75, 3.05) is 13.1 Å². The molecular weight excluding hydrogens is 250 g/mol. The van der Waals surface area contributed by atoms with Gasteiger partial charge in [0.25, 0.3) is 0 Å². The molecule has 0 amide bonds. The van der Waals surface area contributed by atoms with Crippen LogP contribution in [0.25, 0.3) is 6.08 Å². The van der Waals surface area contributed by atoms with Crippen molar-refractivity contribution >= 4 is 23.6 Å². The van der Waals surface area contributed by atoms with Crippen molar-refractivity contribution in [3.8, 4) is 0 Å². The first-order valence-electron chi connectivity index (χ1n) is 6.07. The molecule has 1 aromatic rings. The highest BCUT2D eigenvalue weighted by atomic mass is 35.5. The summed E-state index contributed by atoms with van der Waals surface area (Å²) in [4.78, 5) is 13.2. The molecule has 1 aromatic carbocycles. The van der Waals surface area contributed by atoms with Gasteiger partial charge in [0.1, 0.15) is 6.04 Å². The van der Waals surface area contributed by atoms with Crippen molar-refractivity contribution in [2.24, 2.45) is 0 Å². The summed E-state index contributed by atoms with van der Waals surface area (Å²) in [5, 5.41) is 9.92. The predicted octanol–water partition coefficient (Wildman–Crippen LogP) is 2.90. The van der Waals surface area contributed by atoms with E-state index in [1.165, 1.54) is 0 Å². The number of nitrogens with zero attached hydrogens (tertiary/aromatic N) is 1. The first-order valence-corrected chi connectivity index (χ1v) is 6.45. The Morgan fingerprint density at radius 1 is 1.28 bits per heavy atom. The van der Waals surface area contributed by atoms with Crippen LogP contribution in [-0.2, 0) is 4.79 Å². The number of hydrogen-bond donors (Lipinski definition) is 1. The average molecular weight is 266 g/mol. The molecule has 1 aliphatic rings. The van der Waals surface area contributed by atoms with E-state index in [0.29, 0.717) is 5.02 Å². The Hall–Kier alpha value is -1.32. The molecule has 1 saturated heterocycles. The third-order valence-electron chi connectivity index (χ3n) is 3.13. The second-order valence-corrected chi connectivity index (χ2v) is 4.87. The first-order chi connectivity index (χ1) is 8.66. The highest BCUT2D eigenvalue weighted by Crippen LogP contribution is 2.15. The highest BCUT2D eigenvalue weighted by molar-refractivity contribution is 6.30. The number of hydrogen-bond acceptors (Lipinski definition) is 2. The Kier molecular flexibility index (Phi) is 4.39. The van der Waals surface area contributed by atoms with Gasteiger partial charge in [-0.3, -0.25) is 9.69 Å². The van der Waals surface area contributed by atoms with Gasteiger partial charge in [0, 0.05) is 5.02 Å². The van der Waals surface area contributed by atoms with Crippen LogP contribution in [0.2, 0.25) is 5.02 Å². The number of aliphatic carboxylic acids is 1. The third kappa shape index (κ3) is 3.34. The summed E-state index contributed by atoms with van der Waals surface area (Å²) in [6.07, 6.45) is 5.75. The van der Waals surface area contributed by atoms with Crippen LogP contribution < -0.4 is 0 Å². The molecule has 1 atom stereocenters. The molecule has 18 heavy (non-hydrogen) atoms. The molecule has 1 aliphatic heterocycles. The number of carboxylic acids is 1. The number of benzene rings is 1. The van der Waals surface area contributed by atoms with Crippen molar-refractivity contribution in [1.82, 2.24) is 4.90 Å². The number of rotatable bonds is 4. The van der Waals surface area contributed by atoms with E-state index in [1.54, 1.807) is 18.2 Å².